The van der Waals surface area contributed by atoms with Crippen molar-refractivity contribution in [2.24, 2.45) is 10.9 Å². The van der Waals surface area contributed by atoms with E-state index in [0.717, 1.165) is 31.0 Å². The number of pyridine rings is 1. The van der Waals surface area contributed by atoms with Gasteiger partial charge in [-0.1, -0.05) is 38.1 Å². The summed E-state index contributed by atoms with van der Waals surface area (Å²) >= 11 is 0. The van der Waals surface area contributed by atoms with E-state index in [9.17, 15) is 0 Å². The number of aliphatic imine (C=N–C) groups is 1. The highest BCUT2D eigenvalue weighted by Crippen LogP contribution is 2.15. The summed E-state index contributed by atoms with van der Waals surface area (Å²) in [4.78, 5) is 8.72. The van der Waals surface area contributed by atoms with Crippen molar-refractivity contribution in [2.45, 2.75) is 20.3 Å². The van der Waals surface area contributed by atoms with Crippen LogP contribution in [-0.2, 0) is 6.42 Å². The van der Waals surface area contributed by atoms with Crippen molar-refractivity contribution in [3.8, 4) is 0 Å². The van der Waals surface area contributed by atoms with E-state index < -0.39 is 0 Å². The lowest BCUT2D eigenvalue weighted by Gasteiger charge is -2.13. The fourth-order valence-corrected chi connectivity index (χ4v) is 2.21. The van der Waals surface area contributed by atoms with Crippen LogP contribution in [-0.4, -0.2) is 31.1 Å². The number of hydrogen-bond donors (Lipinski definition) is 2. The van der Waals surface area contributed by atoms with Crippen LogP contribution in [0.5, 0.6) is 0 Å². The minimum atomic E-state index is 0. The van der Waals surface area contributed by atoms with Crippen molar-refractivity contribution in [3.63, 3.8) is 0 Å². The summed E-state index contributed by atoms with van der Waals surface area (Å²) in [5, 5.41) is 7.86. The molecular weight excluding hydrogens is 387 g/mol. The maximum Gasteiger partial charge on any atom is 0.190 e. The van der Waals surface area contributed by atoms with Crippen LogP contribution in [0.15, 0.2) is 41.5 Å². The predicted molar refractivity (Wildman–Crippen MR) is 105 cm³/mol. The number of halogens is 1. The Bertz CT molecular complexity index is 605. The molecule has 0 spiro atoms. The zero-order valence-electron chi connectivity index (χ0n) is 13.5. The number of benzene rings is 1. The van der Waals surface area contributed by atoms with E-state index in [2.05, 4.69) is 58.7 Å². The Kier molecular flexibility index (Phi) is 8.16. The second-order valence-corrected chi connectivity index (χ2v) is 5.52. The topological polar surface area (TPSA) is 49.3 Å². The van der Waals surface area contributed by atoms with Crippen molar-refractivity contribution in [2.75, 3.05) is 20.1 Å². The number of nitrogens with zero attached hydrogens (tertiary/aromatic N) is 2. The van der Waals surface area contributed by atoms with Crippen LogP contribution in [0, 0.1) is 5.92 Å². The number of para-hydroxylation sites is 1. The molecule has 0 saturated heterocycles. The average Bonchev–Trinajstić information content (AvgIpc) is 2.50. The Morgan fingerprint density at radius 2 is 1.95 bits per heavy atom. The van der Waals surface area contributed by atoms with Gasteiger partial charge in [-0.3, -0.25) is 9.98 Å². The molecule has 0 atom stereocenters. The molecule has 4 nitrogen and oxygen atoms in total. The first kappa shape index (κ1) is 18.7. The third kappa shape index (κ3) is 5.44. The number of fused-ring (bicyclic) bond motifs is 1. The van der Waals surface area contributed by atoms with E-state index in [1.54, 1.807) is 7.05 Å². The van der Waals surface area contributed by atoms with Gasteiger partial charge in [-0.15, -0.1) is 24.0 Å². The summed E-state index contributed by atoms with van der Waals surface area (Å²) in [5.74, 6) is 1.46. The van der Waals surface area contributed by atoms with Gasteiger partial charge < -0.3 is 10.6 Å². The fraction of sp³-hybridized carbons (Fsp3) is 0.412. The maximum atomic E-state index is 4.48. The van der Waals surface area contributed by atoms with Crippen LogP contribution >= 0.6 is 24.0 Å². The van der Waals surface area contributed by atoms with Crippen molar-refractivity contribution in [1.29, 1.82) is 0 Å². The third-order valence-corrected chi connectivity index (χ3v) is 3.30. The third-order valence-electron chi connectivity index (χ3n) is 3.30. The highest BCUT2D eigenvalue weighted by molar-refractivity contribution is 14.0. The second kappa shape index (κ2) is 9.61. The highest BCUT2D eigenvalue weighted by Gasteiger charge is 2.03. The number of guanidine groups is 1. The van der Waals surface area contributed by atoms with Crippen LogP contribution < -0.4 is 10.6 Å². The van der Waals surface area contributed by atoms with E-state index in [1.807, 2.05) is 12.3 Å². The molecule has 1 heterocycles. The van der Waals surface area contributed by atoms with Crippen molar-refractivity contribution in [1.82, 2.24) is 15.6 Å². The maximum absolute atomic E-state index is 4.48. The molecular formula is C17H25IN4. The van der Waals surface area contributed by atoms with Gasteiger partial charge in [-0.25, -0.2) is 0 Å². The normalized spacial score (nSPS) is 11.4. The highest BCUT2D eigenvalue weighted by atomic mass is 127. The number of rotatable bonds is 5. The zero-order valence-corrected chi connectivity index (χ0v) is 15.8. The van der Waals surface area contributed by atoms with E-state index in [4.69, 9.17) is 0 Å². The number of nitrogens with one attached hydrogen (secondary N) is 2. The van der Waals surface area contributed by atoms with Gasteiger partial charge in [0.1, 0.15) is 0 Å². The molecule has 0 amide bonds. The lowest BCUT2D eigenvalue weighted by Crippen LogP contribution is -2.39. The Hall–Kier alpha value is -1.37. The molecule has 0 aliphatic carbocycles. The van der Waals surface area contributed by atoms with Gasteiger partial charge in [-0.2, -0.15) is 0 Å². The Morgan fingerprint density at radius 3 is 2.68 bits per heavy atom. The van der Waals surface area contributed by atoms with Crippen LogP contribution in [0.4, 0.5) is 0 Å². The summed E-state index contributed by atoms with van der Waals surface area (Å²) in [6, 6.07) is 10.4. The Balaban J connectivity index is 0.00000242. The summed E-state index contributed by atoms with van der Waals surface area (Å²) in [6.45, 7) is 6.13. The minimum absolute atomic E-state index is 0. The molecule has 1 aromatic heterocycles. The van der Waals surface area contributed by atoms with Crippen molar-refractivity contribution < 1.29 is 0 Å². The molecule has 0 aliphatic rings. The summed E-state index contributed by atoms with van der Waals surface area (Å²) in [6.07, 6.45) is 2.78. The molecule has 0 saturated carbocycles. The molecule has 0 fully saturated rings. The first-order chi connectivity index (χ1) is 10.2. The van der Waals surface area contributed by atoms with E-state index in [1.165, 1.54) is 10.9 Å². The summed E-state index contributed by atoms with van der Waals surface area (Å²) in [7, 11) is 1.80. The molecule has 120 valence electrons. The van der Waals surface area contributed by atoms with Gasteiger partial charge in [0.15, 0.2) is 5.96 Å². The largest absolute Gasteiger partial charge is 0.356 e. The average molecular weight is 412 g/mol. The van der Waals surface area contributed by atoms with Crippen LogP contribution in [0.1, 0.15) is 19.4 Å². The predicted octanol–water partition coefficient (Wildman–Crippen LogP) is 3.22. The lowest BCUT2D eigenvalue weighted by molar-refractivity contribution is 0.614. The van der Waals surface area contributed by atoms with Crippen LogP contribution in [0.3, 0.4) is 0 Å². The standard InChI is InChI=1S/C17H24N4.HI/c1-13(2)12-21-17(18-3)20-11-9-15-7-4-6-14-8-5-10-19-16(14)15;/h4-8,10,13H,9,11-12H2,1-3H3,(H2,18,20,21);1H. The fourth-order valence-electron chi connectivity index (χ4n) is 2.21. The molecule has 2 rings (SSSR count). The first-order valence-corrected chi connectivity index (χ1v) is 7.48. The summed E-state index contributed by atoms with van der Waals surface area (Å²) < 4.78 is 0. The minimum Gasteiger partial charge on any atom is -0.356 e. The SMILES string of the molecule is CN=C(NCCc1cccc2cccnc12)NCC(C)C.I. The smallest absolute Gasteiger partial charge is 0.190 e. The molecule has 2 aromatic rings. The van der Waals surface area contributed by atoms with Crippen molar-refractivity contribution >= 4 is 40.8 Å². The number of hydrogen-bond acceptors (Lipinski definition) is 2. The zero-order chi connectivity index (χ0) is 15.1. The molecule has 1 aromatic carbocycles. The molecule has 0 radical (unpaired) electrons. The summed E-state index contributed by atoms with van der Waals surface area (Å²) in [5.41, 5.74) is 2.35. The van der Waals surface area contributed by atoms with Crippen LogP contribution in [0.25, 0.3) is 10.9 Å². The van der Waals surface area contributed by atoms with Gasteiger partial charge in [0.2, 0.25) is 0 Å². The molecule has 22 heavy (non-hydrogen) atoms. The van der Waals surface area contributed by atoms with Crippen molar-refractivity contribution in [3.05, 3.63) is 42.1 Å². The molecule has 0 unspecified atom stereocenters. The van der Waals surface area contributed by atoms with Gasteiger partial charge >= 0.3 is 0 Å². The van der Waals surface area contributed by atoms with Crippen LogP contribution in [0.2, 0.25) is 0 Å². The van der Waals surface area contributed by atoms with E-state index >= 15 is 0 Å². The molecule has 0 bridgehead atoms. The number of aromatic nitrogens is 1. The molecule has 5 heteroatoms. The van der Waals surface area contributed by atoms with E-state index in [0.29, 0.717) is 5.92 Å². The van der Waals surface area contributed by atoms with Gasteiger partial charge in [0.05, 0.1) is 5.52 Å². The Morgan fingerprint density at radius 1 is 1.18 bits per heavy atom. The van der Waals surface area contributed by atoms with E-state index in [-0.39, 0.29) is 24.0 Å². The lowest BCUT2D eigenvalue weighted by atomic mass is 10.1. The molecule has 2 N–H and O–H groups in total. The van der Waals surface area contributed by atoms with Gasteiger partial charge in [-0.05, 0) is 24.0 Å². The quantitative estimate of drug-likeness (QED) is 0.451. The first-order valence-electron chi connectivity index (χ1n) is 7.48. The van der Waals surface area contributed by atoms with Gasteiger partial charge in [0, 0.05) is 31.7 Å². The Labute approximate surface area is 149 Å². The second-order valence-electron chi connectivity index (χ2n) is 5.52. The monoisotopic (exact) mass is 412 g/mol. The van der Waals surface area contributed by atoms with Gasteiger partial charge in [0.25, 0.3) is 0 Å². The molecule has 0 aliphatic heterocycles.